The van der Waals surface area contributed by atoms with Crippen molar-refractivity contribution in [2.24, 2.45) is 5.92 Å². The number of anilines is 2. The minimum atomic E-state index is -0.524. The third-order valence-electron chi connectivity index (χ3n) is 5.02. The minimum Gasteiger partial charge on any atom is -0.396 e. The fourth-order valence-corrected chi connectivity index (χ4v) is 3.53. The van der Waals surface area contributed by atoms with Crippen molar-refractivity contribution in [2.45, 2.75) is 19.4 Å². The number of nitrogens with zero attached hydrogens (tertiary/aromatic N) is 1. The molecule has 1 saturated heterocycles. The molecule has 28 heavy (non-hydrogen) atoms. The molecular formula is C21H25ClFN3O2. The summed E-state index contributed by atoms with van der Waals surface area (Å²) >= 11 is 5.85. The van der Waals surface area contributed by atoms with Gasteiger partial charge in [-0.2, -0.15) is 0 Å². The first-order valence-electron chi connectivity index (χ1n) is 9.45. The van der Waals surface area contributed by atoms with E-state index in [4.69, 9.17) is 11.6 Å². The van der Waals surface area contributed by atoms with E-state index in [2.05, 4.69) is 15.5 Å². The summed E-state index contributed by atoms with van der Waals surface area (Å²) in [5.41, 5.74) is 2.06. The summed E-state index contributed by atoms with van der Waals surface area (Å²) in [6, 6.07) is 11.9. The predicted molar refractivity (Wildman–Crippen MR) is 110 cm³/mol. The second kappa shape index (κ2) is 9.87. The van der Waals surface area contributed by atoms with E-state index >= 15 is 0 Å². The van der Waals surface area contributed by atoms with E-state index in [1.165, 1.54) is 18.2 Å². The van der Waals surface area contributed by atoms with Gasteiger partial charge >= 0.3 is 0 Å². The molecule has 0 aromatic heterocycles. The molecule has 0 saturated carbocycles. The lowest BCUT2D eigenvalue weighted by Crippen LogP contribution is -2.34. The standard InChI is InChI=1S/C21H25ClFN3O2/c22-17-5-6-18(23)20(11-17)25-21(28)12-24-19-4-2-1-3-16(19)13-26-9-7-15(14-27)8-10-26/h1-6,11,15,24,27H,7-10,12-14H2,(H,25,28). The van der Waals surface area contributed by atoms with Gasteiger partial charge in [0.1, 0.15) is 5.82 Å². The van der Waals surface area contributed by atoms with Crippen LogP contribution >= 0.6 is 11.6 Å². The molecule has 3 N–H and O–H groups in total. The Hall–Kier alpha value is -2.15. The van der Waals surface area contributed by atoms with E-state index in [1.807, 2.05) is 24.3 Å². The van der Waals surface area contributed by atoms with Crippen LogP contribution in [0.25, 0.3) is 0 Å². The van der Waals surface area contributed by atoms with Crippen molar-refractivity contribution in [3.8, 4) is 0 Å². The second-order valence-corrected chi connectivity index (χ2v) is 7.52. The number of aliphatic hydroxyl groups excluding tert-OH is 1. The van der Waals surface area contributed by atoms with E-state index < -0.39 is 5.82 Å². The zero-order valence-corrected chi connectivity index (χ0v) is 16.4. The average molecular weight is 406 g/mol. The number of carbonyl (C=O) groups excluding carboxylic acids is 1. The van der Waals surface area contributed by atoms with E-state index in [-0.39, 0.29) is 24.7 Å². The fourth-order valence-electron chi connectivity index (χ4n) is 3.36. The number of benzene rings is 2. The maximum atomic E-state index is 13.8. The number of likely N-dealkylation sites (tertiary alicyclic amines) is 1. The molecule has 0 atom stereocenters. The zero-order chi connectivity index (χ0) is 19.9. The third-order valence-corrected chi connectivity index (χ3v) is 5.25. The monoisotopic (exact) mass is 405 g/mol. The van der Waals surface area contributed by atoms with Crippen molar-refractivity contribution >= 4 is 28.9 Å². The number of para-hydroxylation sites is 1. The van der Waals surface area contributed by atoms with Crippen molar-refractivity contribution in [3.63, 3.8) is 0 Å². The number of aliphatic hydroxyl groups is 1. The molecule has 2 aromatic rings. The molecule has 2 aromatic carbocycles. The van der Waals surface area contributed by atoms with E-state index in [9.17, 15) is 14.3 Å². The van der Waals surface area contributed by atoms with Crippen molar-refractivity contribution in [1.29, 1.82) is 0 Å². The molecule has 0 radical (unpaired) electrons. The number of amides is 1. The molecule has 0 unspecified atom stereocenters. The number of carbonyl (C=O) groups is 1. The summed E-state index contributed by atoms with van der Waals surface area (Å²) in [7, 11) is 0. The molecule has 1 aliphatic heterocycles. The largest absolute Gasteiger partial charge is 0.396 e. The van der Waals surface area contributed by atoms with Gasteiger partial charge in [-0.05, 0) is 61.7 Å². The topological polar surface area (TPSA) is 64.6 Å². The molecule has 1 fully saturated rings. The highest BCUT2D eigenvalue weighted by molar-refractivity contribution is 6.30. The van der Waals surface area contributed by atoms with Crippen molar-refractivity contribution < 1.29 is 14.3 Å². The van der Waals surface area contributed by atoms with Crippen LogP contribution in [0.1, 0.15) is 18.4 Å². The summed E-state index contributed by atoms with van der Waals surface area (Å²) < 4.78 is 13.8. The summed E-state index contributed by atoms with van der Waals surface area (Å²) in [4.78, 5) is 14.6. The van der Waals surface area contributed by atoms with Crippen molar-refractivity contribution in [1.82, 2.24) is 4.90 Å². The highest BCUT2D eigenvalue weighted by Gasteiger charge is 2.19. The van der Waals surface area contributed by atoms with Gasteiger partial charge in [-0.3, -0.25) is 9.69 Å². The lowest BCUT2D eigenvalue weighted by atomic mass is 9.97. The SMILES string of the molecule is O=C(CNc1ccccc1CN1CCC(CO)CC1)Nc1cc(Cl)ccc1F. The number of hydrogen-bond donors (Lipinski definition) is 3. The van der Waals surface area contributed by atoms with Crippen LogP contribution in [0.3, 0.4) is 0 Å². The smallest absolute Gasteiger partial charge is 0.243 e. The molecule has 3 rings (SSSR count). The number of halogens is 2. The Labute approximate surface area is 169 Å². The van der Waals surface area contributed by atoms with Crippen LogP contribution in [0.5, 0.6) is 0 Å². The zero-order valence-electron chi connectivity index (χ0n) is 15.6. The van der Waals surface area contributed by atoms with Crippen molar-refractivity contribution in [2.75, 3.05) is 36.9 Å². The van der Waals surface area contributed by atoms with E-state index in [1.54, 1.807) is 0 Å². The molecule has 150 valence electrons. The first-order chi connectivity index (χ1) is 13.5. The Morgan fingerprint density at radius 1 is 1.18 bits per heavy atom. The van der Waals surface area contributed by atoms with Gasteiger partial charge in [0.15, 0.2) is 0 Å². The Balaban J connectivity index is 1.56. The normalized spacial score (nSPS) is 15.4. The predicted octanol–water partition coefficient (Wildman–Crippen LogP) is 3.73. The van der Waals surface area contributed by atoms with Gasteiger partial charge in [0.25, 0.3) is 0 Å². The summed E-state index contributed by atoms with van der Waals surface area (Å²) in [5, 5.41) is 15.3. The van der Waals surface area contributed by atoms with Gasteiger partial charge in [-0.15, -0.1) is 0 Å². The minimum absolute atomic E-state index is 0.0234. The van der Waals surface area contributed by atoms with E-state index in [0.717, 1.165) is 43.7 Å². The van der Waals surface area contributed by atoms with Crippen LogP contribution in [0, 0.1) is 11.7 Å². The molecule has 0 aliphatic carbocycles. The molecule has 7 heteroatoms. The van der Waals surface area contributed by atoms with Crippen LogP contribution in [0.4, 0.5) is 15.8 Å². The molecule has 1 aliphatic rings. The van der Waals surface area contributed by atoms with Crippen LogP contribution in [0.2, 0.25) is 5.02 Å². The van der Waals surface area contributed by atoms with Gasteiger partial charge in [0.2, 0.25) is 5.91 Å². The quantitative estimate of drug-likeness (QED) is 0.656. The first-order valence-corrected chi connectivity index (χ1v) is 9.83. The van der Waals surface area contributed by atoms with Gasteiger partial charge in [-0.1, -0.05) is 29.8 Å². The van der Waals surface area contributed by atoms with Crippen LogP contribution in [0.15, 0.2) is 42.5 Å². The van der Waals surface area contributed by atoms with Gasteiger partial charge in [0, 0.05) is 23.9 Å². The third kappa shape index (κ3) is 5.67. The highest BCUT2D eigenvalue weighted by Crippen LogP contribution is 2.22. The summed E-state index contributed by atoms with van der Waals surface area (Å²) in [6.45, 7) is 2.97. The van der Waals surface area contributed by atoms with Gasteiger partial charge in [0.05, 0.1) is 12.2 Å². The molecule has 0 bridgehead atoms. The Morgan fingerprint density at radius 2 is 1.93 bits per heavy atom. The number of piperidine rings is 1. The molecular weight excluding hydrogens is 381 g/mol. The Morgan fingerprint density at radius 3 is 2.68 bits per heavy atom. The molecule has 0 spiro atoms. The first kappa shape index (κ1) is 20.6. The lowest BCUT2D eigenvalue weighted by molar-refractivity contribution is -0.114. The van der Waals surface area contributed by atoms with Crippen LogP contribution < -0.4 is 10.6 Å². The second-order valence-electron chi connectivity index (χ2n) is 7.09. The number of hydrogen-bond acceptors (Lipinski definition) is 4. The molecule has 1 amide bonds. The Kier molecular flexibility index (Phi) is 7.25. The Bertz CT molecular complexity index is 810. The maximum Gasteiger partial charge on any atom is 0.243 e. The number of rotatable bonds is 7. The van der Waals surface area contributed by atoms with E-state index in [0.29, 0.717) is 10.9 Å². The van der Waals surface area contributed by atoms with Crippen LogP contribution in [-0.4, -0.2) is 42.2 Å². The van der Waals surface area contributed by atoms with Gasteiger partial charge < -0.3 is 15.7 Å². The molecule has 1 heterocycles. The summed E-state index contributed by atoms with van der Waals surface area (Å²) in [5.74, 6) is -0.468. The van der Waals surface area contributed by atoms with Crippen LogP contribution in [-0.2, 0) is 11.3 Å². The van der Waals surface area contributed by atoms with Crippen molar-refractivity contribution in [3.05, 3.63) is 58.9 Å². The lowest BCUT2D eigenvalue weighted by Gasteiger charge is -2.31. The summed E-state index contributed by atoms with van der Waals surface area (Å²) in [6.07, 6.45) is 2.00. The fraction of sp³-hybridized carbons (Fsp3) is 0.381. The highest BCUT2D eigenvalue weighted by atomic mass is 35.5. The average Bonchev–Trinajstić information content (AvgIpc) is 2.71. The van der Waals surface area contributed by atoms with Gasteiger partial charge in [-0.25, -0.2) is 4.39 Å². The molecule has 5 nitrogen and oxygen atoms in total. The number of nitrogens with one attached hydrogen (secondary N) is 2. The maximum absolute atomic E-state index is 13.8.